The maximum atomic E-state index is 13.5. The second-order valence-corrected chi connectivity index (χ2v) is 10.8. The topological polar surface area (TPSA) is 122 Å². The molecule has 2 aromatic heterocycles. The van der Waals surface area contributed by atoms with Crippen molar-refractivity contribution in [3.8, 4) is 5.88 Å². The summed E-state index contributed by atoms with van der Waals surface area (Å²) in [6.07, 6.45) is -8.21. The van der Waals surface area contributed by atoms with Crippen LogP contribution < -0.4 is 4.74 Å². The summed E-state index contributed by atoms with van der Waals surface area (Å²) in [6.45, 7) is -1.36. The molecule has 0 atom stereocenters. The van der Waals surface area contributed by atoms with Crippen LogP contribution in [0.3, 0.4) is 0 Å². The van der Waals surface area contributed by atoms with Gasteiger partial charge in [0.2, 0.25) is 11.7 Å². The van der Waals surface area contributed by atoms with Gasteiger partial charge in [0.1, 0.15) is 17.7 Å². The molecule has 0 aliphatic carbocycles. The minimum absolute atomic E-state index is 0.0596. The van der Waals surface area contributed by atoms with Gasteiger partial charge in [0.15, 0.2) is 15.5 Å². The second-order valence-electron chi connectivity index (χ2n) is 8.45. The molecule has 0 fully saturated rings. The van der Waals surface area contributed by atoms with Crippen molar-refractivity contribution in [2.24, 2.45) is 14.1 Å². The summed E-state index contributed by atoms with van der Waals surface area (Å²) in [6, 6.07) is 1.92. The molecule has 0 spiro atoms. The molecule has 2 heterocycles. The van der Waals surface area contributed by atoms with Crippen LogP contribution in [-0.2, 0) is 41.5 Å². The number of esters is 1. The smallest absolute Gasteiger partial charge is 0.403 e. The molecule has 10 nitrogen and oxygen atoms in total. The number of halogens is 7. The Hall–Kier alpha value is -3.44. The predicted molar refractivity (Wildman–Crippen MR) is 125 cm³/mol. The van der Waals surface area contributed by atoms with Gasteiger partial charge >= 0.3 is 18.3 Å². The van der Waals surface area contributed by atoms with E-state index in [-0.39, 0.29) is 5.69 Å². The Balaban J connectivity index is 2.07. The molecular weight excluding hydrogens is 598 g/mol. The Bertz CT molecular complexity index is 1590. The van der Waals surface area contributed by atoms with Crippen molar-refractivity contribution >= 4 is 33.2 Å². The number of hydrogen-bond acceptors (Lipinski definition) is 8. The Morgan fingerprint density at radius 3 is 2.23 bits per heavy atom. The third-order valence-corrected chi connectivity index (χ3v) is 6.87. The molecule has 3 rings (SSSR count). The third kappa shape index (κ3) is 6.64. The van der Waals surface area contributed by atoms with E-state index in [1.165, 1.54) is 14.0 Å². The molecule has 40 heavy (non-hydrogen) atoms. The highest BCUT2D eigenvalue weighted by Crippen LogP contribution is 2.35. The van der Waals surface area contributed by atoms with Crippen LogP contribution >= 0.6 is 11.6 Å². The lowest BCUT2D eigenvalue weighted by Gasteiger charge is -2.15. The summed E-state index contributed by atoms with van der Waals surface area (Å²) in [5, 5.41) is 6.60. The first-order valence-corrected chi connectivity index (χ1v) is 13.1. The Morgan fingerprint density at radius 2 is 1.68 bits per heavy atom. The zero-order chi connectivity index (χ0) is 30.4. The number of aryl methyl sites for hydroxylation is 3. The standard InChI is InChI=1S/C22H19ClF6N4O6S/c1-10-15(19(33(3)30-10)39-20(35)12-7-32(2)31-18(12)22(27,28)29)17(34)11-5-6-14(40(4,36)37)13(16(11)23)8-38-9-21(24,25)26/h5-7H,8-9H2,1-4H3. The highest BCUT2D eigenvalue weighted by atomic mass is 35.5. The van der Waals surface area contributed by atoms with Gasteiger partial charge in [-0.25, -0.2) is 17.9 Å². The number of ketones is 1. The Kier molecular flexibility index (Phi) is 8.44. The Labute approximate surface area is 227 Å². The first-order chi connectivity index (χ1) is 18.2. The van der Waals surface area contributed by atoms with Crippen molar-refractivity contribution in [1.82, 2.24) is 19.6 Å². The van der Waals surface area contributed by atoms with Gasteiger partial charge < -0.3 is 9.47 Å². The first-order valence-electron chi connectivity index (χ1n) is 10.8. The second kappa shape index (κ2) is 10.9. The zero-order valence-electron chi connectivity index (χ0n) is 20.9. The van der Waals surface area contributed by atoms with Crippen LogP contribution in [0.15, 0.2) is 23.2 Å². The molecule has 218 valence electrons. The maximum Gasteiger partial charge on any atom is 0.436 e. The summed E-state index contributed by atoms with van der Waals surface area (Å²) in [5.74, 6) is -3.11. The molecule has 0 bridgehead atoms. The van der Waals surface area contributed by atoms with E-state index in [2.05, 4.69) is 14.9 Å². The molecule has 0 saturated heterocycles. The van der Waals surface area contributed by atoms with Crippen LogP contribution in [0, 0.1) is 6.92 Å². The van der Waals surface area contributed by atoms with Crippen LogP contribution in [0.1, 0.15) is 43.2 Å². The number of nitrogens with zero attached hydrogens (tertiary/aromatic N) is 4. The number of sulfone groups is 1. The molecule has 0 amide bonds. The monoisotopic (exact) mass is 616 g/mol. The lowest BCUT2D eigenvalue weighted by atomic mass is 10.0. The van der Waals surface area contributed by atoms with Crippen molar-refractivity contribution < 1.29 is 53.8 Å². The summed E-state index contributed by atoms with van der Waals surface area (Å²) in [4.78, 5) is 25.7. The van der Waals surface area contributed by atoms with E-state index in [0.29, 0.717) is 0 Å². The van der Waals surface area contributed by atoms with Crippen LogP contribution in [0.4, 0.5) is 26.3 Å². The van der Waals surface area contributed by atoms with Gasteiger partial charge in [-0.05, 0) is 19.1 Å². The number of benzene rings is 1. The number of hydrogen-bond donors (Lipinski definition) is 0. The first kappa shape index (κ1) is 31.1. The molecule has 0 unspecified atom stereocenters. The molecule has 1 aromatic carbocycles. The van der Waals surface area contributed by atoms with E-state index in [1.54, 1.807) is 0 Å². The van der Waals surface area contributed by atoms with Crippen molar-refractivity contribution in [3.05, 3.63) is 57.0 Å². The van der Waals surface area contributed by atoms with Gasteiger partial charge in [0.25, 0.3) is 0 Å². The summed E-state index contributed by atoms with van der Waals surface area (Å²) >= 11 is 6.28. The van der Waals surface area contributed by atoms with E-state index in [0.717, 1.165) is 41.0 Å². The minimum Gasteiger partial charge on any atom is -0.403 e. The highest BCUT2D eigenvalue weighted by molar-refractivity contribution is 7.90. The molecule has 0 aliphatic heterocycles. The van der Waals surface area contributed by atoms with Crippen molar-refractivity contribution in [2.75, 3.05) is 12.9 Å². The number of alkyl halides is 6. The number of ether oxygens (including phenoxy) is 2. The van der Waals surface area contributed by atoms with E-state index in [4.69, 9.17) is 16.3 Å². The van der Waals surface area contributed by atoms with E-state index in [1.807, 2.05) is 0 Å². The van der Waals surface area contributed by atoms with Gasteiger partial charge in [-0.3, -0.25) is 9.48 Å². The highest BCUT2D eigenvalue weighted by Gasteiger charge is 2.40. The van der Waals surface area contributed by atoms with Crippen molar-refractivity contribution in [3.63, 3.8) is 0 Å². The average Bonchev–Trinajstić information content (AvgIpc) is 3.32. The van der Waals surface area contributed by atoms with Crippen molar-refractivity contribution in [2.45, 2.75) is 30.8 Å². The van der Waals surface area contributed by atoms with E-state index >= 15 is 0 Å². The molecule has 0 aliphatic rings. The van der Waals surface area contributed by atoms with Gasteiger partial charge in [-0.2, -0.15) is 36.5 Å². The van der Waals surface area contributed by atoms with Gasteiger partial charge in [0, 0.05) is 37.7 Å². The normalized spacial score (nSPS) is 12.6. The number of rotatable bonds is 8. The third-order valence-electron chi connectivity index (χ3n) is 5.26. The summed E-state index contributed by atoms with van der Waals surface area (Å²) in [5.41, 5.74) is -3.84. The number of carbonyl (C=O) groups excluding carboxylic acids is 2. The maximum absolute atomic E-state index is 13.5. The minimum atomic E-state index is -5.00. The molecule has 18 heteroatoms. The average molecular weight is 617 g/mol. The predicted octanol–water partition coefficient (Wildman–Crippen LogP) is 4.07. The van der Waals surface area contributed by atoms with Crippen molar-refractivity contribution in [1.29, 1.82) is 0 Å². The number of aromatic nitrogens is 4. The molecule has 0 radical (unpaired) electrons. The summed E-state index contributed by atoms with van der Waals surface area (Å²) < 4.78 is 114. The van der Waals surface area contributed by atoms with E-state index < -0.39 is 90.9 Å². The largest absolute Gasteiger partial charge is 0.436 e. The fourth-order valence-corrected chi connectivity index (χ4v) is 4.95. The quantitative estimate of drug-likeness (QED) is 0.211. The lowest BCUT2D eigenvalue weighted by Crippen LogP contribution is -2.19. The summed E-state index contributed by atoms with van der Waals surface area (Å²) in [7, 11) is -1.67. The van der Waals surface area contributed by atoms with Gasteiger partial charge in [0.05, 0.1) is 22.2 Å². The van der Waals surface area contributed by atoms with Crippen LogP contribution in [0.5, 0.6) is 5.88 Å². The molecule has 0 N–H and O–H groups in total. The zero-order valence-corrected chi connectivity index (χ0v) is 22.5. The van der Waals surface area contributed by atoms with Crippen LogP contribution in [-0.4, -0.2) is 58.8 Å². The van der Waals surface area contributed by atoms with Gasteiger partial charge in [-0.15, -0.1) is 0 Å². The fourth-order valence-electron chi connectivity index (χ4n) is 3.67. The van der Waals surface area contributed by atoms with Crippen LogP contribution in [0.2, 0.25) is 5.02 Å². The number of carbonyl (C=O) groups is 2. The van der Waals surface area contributed by atoms with E-state index in [9.17, 15) is 44.3 Å². The lowest BCUT2D eigenvalue weighted by molar-refractivity contribution is -0.176. The van der Waals surface area contributed by atoms with Crippen LogP contribution in [0.25, 0.3) is 0 Å². The molecular formula is C22H19ClF6N4O6S. The SMILES string of the molecule is Cc1nn(C)c(OC(=O)c2cn(C)nc2C(F)(F)F)c1C(=O)c1ccc(S(C)(=O)=O)c(COCC(F)(F)F)c1Cl. The van der Waals surface area contributed by atoms with Gasteiger partial charge in [-0.1, -0.05) is 11.6 Å². The molecule has 0 saturated carbocycles. The fraction of sp³-hybridized carbons (Fsp3) is 0.364. The Morgan fingerprint density at radius 1 is 1.05 bits per heavy atom. The molecule has 3 aromatic rings.